The summed E-state index contributed by atoms with van der Waals surface area (Å²) in [5, 5.41) is 3.77. The van der Waals surface area contributed by atoms with E-state index < -0.39 is 0 Å². The maximum absolute atomic E-state index is 11.7. The maximum atomic E-state index is 11.7. The van der Waals surface area contributed by atoms with Gasteiger partial charge in [0.25, 0.3) is 0 Å². The van der Waals surface area contributed by atoms with Gasteiger partial charge in [0.2, 0.25) is 0 Å². The summed E-state index contributed by atoms with van der Waals surface area (Å²) >= 11 is 1.80. The first-order chi connectivity index (χ1) is 12.7. The van der Waals surface area contributed by atoms with Gasteiger partial charge in [-0.05, 0) is 17.5 Å². The molecule has 1 fully saturated rings. The molecule has 1 atom stereocenters. The van der Waals surface area contributed by atoms with Crippen LogP contribution >= 0.6 is 11.8 Å². The number of hydrogen-bond acceptors (Lipinski definition) is 1. The van der Waals surface area contributed by atoms with Crippen LogP contribution in [0.25, 0.3) is 0 Å². The minimum absolute atomic E-state index is 0. The second-order valence-corrected chi connectivity index (χ2v) is 9.10. The fraction of sp³-hybridized carbons (Fsp3) is 0.348. The smallest absolute Gasteiger partial charge is 1.00 e. The van der Waals surface area contributed by atoms with Crippen molar-refractivity contribution in [2.45, 2.75) is 49.3 Å². The van der Waals surface area contributed by atoms with E-state index in [4.69, 9.17) is 0 Å². The minimum Gasteiger partial charge on any atom is -1.00 e. The summed E-state index contributed by atoms with van der Waals surface area (Å²) in [6.45, 7) is 0. The number of fused-ring (bicyclic) bond motifs is 3. The molecule has 29 heavy (non-hydrogen) atoms. The molecule has 3 aliphatic rings. The van der Waals surface area contributed by atoms with Crippen LogP contribution in [-0.2, 0) is 32.6 Å². The monoisotopic (exact) mass is 541 g/mol. The van der Waals surface area contributed by atoms with Crippen LogP contribution in [0.15, 0.2) is 66.3 Å². The standard InChI is InChI=1S/C12H9S.C6H13Si.C5H4F.2ClH.Zr/c1-2-6-11-9(4-1)8-10-5-3-7-13-12(10)11;7-6-4-2-1-3-5-6;6-5-3-1-2-4-5;;;/h1-6,12H,8H2;6H,1-5,7H2;1-4H;2*1H;/q-1;;-1;;;+4/p-2. The second-order valence-electron chi connectivity index (χ2n) is 7.01. The van der Waals surface area contributed by atoms with Gasteiger partial charge in [-0.25, -0.2) is 39.8 Å². The Kier molecular flexibility index (Phi) is 15.8. The van der Waals surface area contributed by atoms with Gasteiger partial charge in [-0.3, -0.25) is 0 Å². The first-order valence-electron chi connectivity index (χ1n) is 9.45. The molecule has 0 N–H and O–H groups in total. The van der Waals surface area contributed by atoms with Gasteiger partial charge in [-0.2, -0.15) is 12.1 Å². The third-order valence-corrected chi connectivity index (χ3v) is 6.85. The van der Waals surface area contributed by atoms with Crippen molar-refractivity contribution in [2.75, 3.05) is 0 Å². The van der Waals surface area contributed by atoms with Gasteiger partial charge in [0.05, 0.1) is 0 Å². The van der Waals surface area contributed by atoms with Crippen molar-refractivity contribution < 1.29 is 55.4 Å². The number of hydrogen-bond donors (Lipinski definition) is 0. The van der Waals surface area contributed by atoms with Crippen LogP contribution in [0.5, 0.6) is 0 Å². The number of benzene rings is 1. The molecule has 1 radical (unpaired) electrons. The summed E-state index contributed by atoms with van der Waals surface area (Å²) in [7, 11) is 2.18. The molecule has 0 saturated heterocycles. The molecule has 153 valence electrons. The van der Waals surface area contributed by atoms with Crippen molar-refractivity contribution in [2.24, 2.45) is 0 Å². The third-order valence-electron chi connectivity index (χ3n) is 4.97. The Bertz CT molecular complexity index is 743. The Morgan fingerprint density at radius 3 is 2.31 bits per heavy atom. The van der Waals surface area contributed by atoms with Crippen LogP contribution in [0.4, 0.5) is 4.39 Å². The SMILES string of the molecule is Fc1ccc[cH-]1.[C-]1=CC=C2Cc3ccccc3C2S1.[Cl-].[Cl-].[SiH2]C1CCCCC1.[Zr+4]. The van der Waals surface area contributed by atoms with Gasteiger partial charge in [-0.1, -0.05) is 61.9 Å². The first kappa shape index (κ1) is 29.0. The van der Waals surface area contributed by atoms with Crippen molar-refractivity contribution in [3.05, 3.63) is 88.6 Å². The zero-order valence-corrected chi connectivity index (χ0v) is 22.6. The molecule has 0 spiro atoms. The van der Waals surface area contributed by atoms with Crippen molar-refractivity contribution in [1.29, 1.82) is 0 Å². The maximum Gasteiger partial charge on any atom is 4.00 e. The van der Waals surface area contributed by atoms with Gasteiger partial charge in [-0.15, -0.1) is 11.6 Å². The predicted octanol–water partition coefficient (Wildman–Crippen LogP) is 0.196. The fourth-order valence-corrected chi connectivity index (χ4v) is 5.07. The van der Waals surface area contributed by atoms with E-state index in [1.54, 1.807) is 23.9 Å². The Morgan fingerprint density at radius 2 is 1.76 bits per heavy atom. The largest absolute Gasteiger partial charge is 4.00 e. The fourth-order valence-electron chi connectivity index (χ4n) is 3.53. The molecule has 1 saturated carbocycles. The molecule has 0 amide bonds. The predicted molar refractivity (Wildman–Crippen MR) is 114 cm³/mol. The number of halogens is 3. The molecule has 1 aliphatic heterocycles. The number of thioether (sulfide) groups is 1. The zero-order valence-electron chi connectivity index (χ0n) is 16.4. The van der Waals surface area contributed by atoms with E-state index in [1.807, 2.05) is 6.08 Å². The van der Waals surface area contributed by atoms with Gasteiger partial charge in [0, 0.05) is 21.3 Å². The minimum atomic E-state index is -0.157. The van der Waals surface area contributed by atoms with Gasteiger partial charge < -0.3 is 24.8 Å². The summed E-state index contributed by atoms with van der Waals surface area (Å²) in [5.74, 6) is -0.157. The van der Waals surface area contributed by atoms with E-state index >= 15 is 0 Å². The molecule has 2 aliphatic carbocycles. The van der Waals surface area contributed by atoms with E-state index in [-0.39, 0.29) is 56.8 Å². The Labute approximate surface area is 213 Å². The van der Waals surface area contributed by atoms with Gasteiger partial charge in [0.1, 0.15) is 0 Å². The van der Waals surface area contributed by atoms with E-state index in [2.05, 4.69) is 46.0 Å². The molecule has 1 heterocycles. The average molecular weight is 544 g/mol. The number of rotatable bonds is 0. The Morgan fingerprint density at radius 1 is 1.03 bits per heavy atom. The summed E-state index contributed by atoms with van der Waals surface area (Å²) in [4.78, 5) is 0. The molecule has 2 aromatic carbocycles. The first-order valence-corrected chi connectivity index (χ1v) is 11.1. The summed E-state index contributed by atoms with van der Waals surface area (Å²) < 4.78 is 11.7. The van der Waals surface area contributed by atoms with Crippen LogP contribution in [0.3, 0.4) is 0 Å². The molecular weight excluding hydrogens is 518 g/mol. The topological polar surface area (TPSA) is 0 Å². The van der Waals surface area contributed by atoms with Crippen molar-refractivity contribution in [1.82, 2.24) is 0 Å². The average Bonchev–Trinajstić information content (AvgIpc) is 3.30. The molecule has 6 heteroatoms. The molecule has 5 rings (SSSR count). The molecule has 2 aromatic rings. The van der Waals surface area contributed by atoms with E-state index in [1.165, 1.54) is 60.9 Å². The van der Waals surface area contributed by atoms with Crippen LogP contribution in [0, 0.1) is 11.2 Å². The van der Waals surface area contributed by atoms with Crippen molar-refractivity contribution in [3.63, 3.8) is 0 Å². The van der Waals surface area contributed by atoms with E-state index in [0.717, 1.165) is 12.0 Å². The summed E-state index contributed by atoms with van der Waals surface area (Å²) in [6, 6.07) is 14.9. The van der Waals surface area contributed by atoms with E-state index in [9.17, 15) is 4.39 Å². The number of allylic oxidation sites excluding steroid dienone is 2. The third kappa shape index (κ3) is 9.35. The molecule has 0 bridgehead atoms. The van der Waals surface area contributed by atoms with E-state index in [0.29, 0.717) is 5.25 Å². The summed E-state index contributed by atoms with van der Waals surface area (Å²) in [6.07, 6.45) is 12.9. The Balaban J connectivity index is 0.000000425. The summed E-state index contributed by atoms with van der Waals surface area (Å²) in [5.41, 5.74) is 5.57. The Hall–Kier alpha value is 0.0100. The van der Waals surface area contributed by atoms with Crippen LogP contribution in [-0.4, -0.2) is 10.2 Å². The van der Waals surface area contributed by atoms with Crippen molar-refractivity contribution in [3.8, 4) is 0 Å². The normalized spacial score (nSPS) is 18.6. The van der Waals surface area contributed by atoms with Gasteiger partial charge >= 0.3 is 26.2 Å². The quantitative estimate of drug-likeness (QED) is 0.338. The molecular formula is C23H26Cl2FSSiZr. The second kappa shape index (κ2) is 15.8. The zero-order chi connectivity index (χ0) is 18.2. The molecule has 1 unspecified atom stereocenters. The molecule has 0 aromatic heterocycles. The molecule has 0 nitrogen and oxygen atoms in total. The van der Waals surface area contributed by atoms with Crippen molar-refractivity contribution >= 4 is 22.0 Å². The van der Waals surface area contributed by atoms with Gasteiger partial charge in [0.15, 0.2) is 0 Å². The van der Waals surface area contributed by atoms with Crippen LogP contribution < -0.4 is 24.8 Å². The van der Waals surface area contributed by atoms with Crippen LogP contribution in [0.2, 0.25) is 5.54 Å². The van der Waals surface area contributed by atoms with Crippen LogP contribution in [0.1, 0.15) is 48.5 Å².